The summed E-state index contributed by atoms with van der Waals surface area (Å²) in [6.45, 7) is 1.00. The summed E-state index contributed by atoms with van der Waals surface area (Å²) in [5, 5.41) is 10.8. The molecule has 0 spiro atoms. The molecule has 0 atom stereocenters. The third kappa shape index (κ3) is 3.63. The number of rotatable bonds is 5. The molecule has 20 heavy (non-hydrogen) atoms. The Hall–Kier alpha value is -1.29. The summed E-state index contributed by atoms with van der Waals surface area (Å²) in [6.07, 6.45) is 6.56. The Labute approximate surface area is 124 Å². The zero-order valence-corrected chi connectivity index (χ0v) is 12.6. The second-order valence-corrected chi connectivity index (χ2v) is 5.86. The van der Waals surface area contributed by atoms with Gasteiger partial charge in [-0.15, -0.1) is 11.6 Å². The van der Waals surface area contributed by atoms with Crippen molar-refractivity contribution in [2.75, 3.05) is 18.5 Å². The van der Waals surface area contributed by atoms with Crippen LogP contribution < -0.4 is 4.90 Å². The van der Waals surface area contributed by atoms with E-state index in [9.17, 15) is 10.1 Å². The van der Waals surface area contributed by atoms with Gasteiger partial charge in [-0.3, -0.25) is 10.1 Å². The number of hydrogen-bond donors (Lipinski definition) is 0. The van der Waals surface area contributed by atoms with Gasteiger partial charge in [0.25, 0.3) is 5.69 Å². The number of hydrogen-bond acceptors (Lipinski definition) is 3. The van der Waals surface area contributed by atoms with Crippen LogP contribution in [-0.2, 0) is 5.88 Å². The highest BCUT2D eigenvalue weighted by atomic mass is 35.5. The first-order valence-corrected chi connectivity index (χ1v) is 7.69. The summed E-state index contributed by atoms with van der Waals surface area (Å²) in [5.74, 6) is 1.03. The lowest BCUT2D eigenvalue weighted by molar-refractivity contribution is -0.384. The van der Waals surface area contributed by atoms with Gasteiger partial charge in [-0.25, -0.2) is 0 Å². The summed E-state index contributed by atoms with van der Waals surface area (Å²) < 4.78 is 0. The summed E-state index contributed by atoms with van der Waals surface area (Å²) >= 11 is 5.95. The van der Waals surface area contributed by atoms with E-state index in [4.69, 9.17) is 11.6 Å². The smallest absolute Gasteiger partial charge is 0.269 e. The molecule has 110 valence electrons. The van der Waals surface area contributed by atoms with Crippen molar-refractivity contribution in [3.63, 3.8) is 0 Å². The van der Waals surface area contributed by atoms with Crippen molar-refractivity contribution < 1.29 is 4.92 Å². The predicted octanol–water partition coefficient (Wildman–Crippen LogP) is 4.35. The van der Waals surface area contributed by atoms with Crippen LogP contribution in [-0.4, -0.2) is 18.5 Å². The van der Waals surface area contributed by atoms with E-state index in [0.29, 0.717) is 5.88 Å². The van der Waals surface area contributed by atoms with Gasteiger partial charge < -0.3 is 4.90 Å². The molecule has 0 saturated heterocycles. The summed E-state index contributed by atoms with van der Waals surface area (Å²) in [4.78, 5) is 12.6. The highest BCUT2D eigenvalue weighted by Crippen LogP contribution is 2.29. The zero-order chi connectivity index (χ0) is 14.5. The Kier molecular flexibility index (Phi) is 5.24. The van der Waals surface area contributed by atoms with Crippen molar-refractivity contribution in [1.82, 2.24) is 0 Å². The average molecular weight is 297 g/mol. The van der Waals surface area contributed by atoms with Crippen molar-refractivity contribution in [3.05, 3.63) is 33.9 Å². The largest absolute Gasteiger partial charge is 0.374 e. The first-order chi connectivity index (χ1) is 9.61. The molecule has 1 saturated carbocycles. The van der Waals surface area contributed by atoms with Crippen LogP contribution in [0.3, 0.4) is 0 Å². The third-order valence-corrected chi connectivity index (χ3v) is 4.37. The fraction of sp³-hybridized carbons (Fsp3) is 0.600. The lowest BCUT2D eigenvalue weighted by atomic mass is 9.89. The molecule has 0 aliphatic heterocycles. The number of anilines is 1. The zero-order valence-electron chi connectivity index (χ0n) is 11.8. The third-order valence-electron chi connectivity index (χ3n) is 4.09. The molecule has 0 amide bonds. The van der Waals surface area contributed by atoms with Gasteiger partial charge in [-0.1, -0.05) is 19.3 Å². The minimum absolute atomic E-state index is 0.107. The fourth-order valence-corrected chi connectivity index (χ4v) is 3.23. The molecule has 5 heteroatoms. The summed E-state index contributed by atoms with van der Waals surface area (Å²) in [5.41, 5.74) is 1.95. The van der Waals surface area contributed by atoms with Crippen LogP contribution >= 0.6 is 11.6 Å². The van der Waals surface area contributed by atoms with Gasteiger partial charge in [0.1, 0.15) is 0 Å². The monoisotopic (exact) mass is 296 g/mol. The molecule has 4 nitrogen and oxygen atoms in total. The van der Waals surface area contributed by atoms with Crippen LogP contribution in [0.2, 0.25) is 0 Å². The molecule has 2 rings (SSSR count). The van der Waals surface area contributed by atoms with Gasteiger partial charge in [0.2, 0.25) is 0 Å². The molecule has 0 bridgehead atoms. The van der Waals surface area contributed by atoms with E-state index in [1.54, 1.807) is 12.1 Å². The molecule has 1 aromatic rings. The number of nitrogens with zero attached hydrogens (tertiary/aromatic N) is 2. The average Bonchev–Trinajstić information content (AvgIpc) is 2.47. The number of halogens is 1. The Morgan fingerprint density at radius 1 is 1.35 bits per heavy atom. The highest BCUT2D eigenvalue weighted by molar-refractivity contribution is 6.17. The van der Waals surface area contributed by atoms with E-state index in [-0.39, 0.29) is 10.6 Å². The summed E-state index contributed by atoms with van der Waals surface area (Å²) in [6, 6.07) is 4.96. The van der Waals surface area contributed by atoms with Crippen LogP contribution in [0.4, 0.5) is 11.4 Å². The van der Waals surface area contributed by atoms with E-state index < -0.39 is 0 Å². The number of nitro benzene ring substituents is 1. The lowest BCUT2D eigenvalue weighted by Crippen LogP contribution is -2.27. The minimum atomic E-state index is -0.374. The standard InChI is InChI=1S/C15H21ClN2O2/c1-17(11-12-5-3-2-4-6-12)15-8-7-14(18(19)20)9-13(15)10-16/h7-9,12H,2-6,10-11H2,1H3. The van der Waals surface area contributed by atoms with Gasteiger partial charge in [0.15, 0.2) is 0 Å². The van der Waals surface area contributed by atoms with Crippen LogP contribution in [0.1, 0.15) is 37.7 Å². The maximum Gasteiger partial charge on any atom is 0.269 e. The number of benzene rings is 1. The fourth-order valence-electron chi connectivity index (χ4n) is 3.02. The first kappa shape index (κ1) is 15.1. The molecule has 1 aliphatic carbocycles. The van der Waals surface area contributed by atoms with E-state index in [0.717, 1.165) is 23.7 Å². The van der Waals surface area contributed by atoms with E-state index in [1.165, 1.54) is 32.1 Å². The van der Waals surface area contributed by atoms with Gasteiger partial charge >= 0.3 is 0 Å². The van der Waals surface area contributed by atoms with Crippen molar-refractivity contribution >= 4 is 23.0 Å². The van der Waals surface area contributed by atoms with Crippen LogP contribution in [0.15, 0.2) is 18.2 Å². The van der Waals surface area contributed by atoms with Crippen molar-refractivity contribution in [2.24, 2.45) is 5.92 Å². The quantitative estimate of drug-likeness (QED) is 0.461. The second kappa shape index (κ2) is 6.93. The summed E-state index contributed by atoms with van der Waals surface area (Å²) in [7, 11) is 2.05. The van der Waals surface area contributed by atoms with Gasteiger partial charge in [0.05, 0.1) is 4.92 Å². The molecule has 1 aromatic carbocycles. The Bertz CT molecular complexity index is 473. The van der Waals surface area contributed by atoms with Crippen LogP contribution in [0.5, 0.6) is 0 Å². The minimum Gasteiger partial charge on any atom is -0.374 e. The molecular weight excluding hydrogens is 276 g/mol. The maximum atomic E-state index is 10.8. The van der Waals surface area contributed by atoms with Crippen molar-refractivity contribution in [1.29, 1.82) is 0 Å². The molecule has 0 radical (unpaired) electrons. The van der Waals surface area contributed by atoms with E-state index in [1.807, 2.05) is 13.1 Å². The van der Waals surface area contributed by atoms with E-state index in [2.05, 4.69) is 4.90 Å². The topological polar surface area (TPSA) is 46.4 Å². The highest BCUT2D eigenvalue weighted by Gasteiger charge is 2.18. The molecule has 0 aromatic heterocycles. The molecule has 0 heterocycles. The SMILES string of the molecule is CN(CC1CCCCC1)c1ccc([N+](=O)[O-])cc1CCl. The Balaban J connectivity index is 2.11. The van der Waals surface area contributed by atoms with Crippen molar-refractivity contribution in [3.8, 4) is 0 Å². The van der Waals surface area contributed by atoms with Crippen LogP contribution in [0, 0.1) is 16.0 Å². The Morgan fingerprint density at radius 3 is 2.65 bits per heavy atom. The predicted molar refractivity (Wildman–Crippen MR) is 82.5 cm³/mol. The van der Waals surface area contributed by atoms with Gasteiger partial charge in [-0.05, 0) is 30.4 Å². The van der Waals surface area contributed by atoms with Crippen molar-refractivity contribution in [2.45, 2.75) is 38.0 Å². The molecule has 1 aliphatic rings. The molecular formula is C15H21ClN2O2. The van der Waals surface area contributed by atoms with Gasteiger partial charge in [-0.2, -0.15) is 0 Å². The number of non-ortho nitro benzene ring substituents is 1. The second-order valence-electron chi connectivity index (χ2n) is 5.59. The molecule has 0 N–H and O–H groups in total. The van der Waals surface area contributed by atoms with E-state index >= 15 is 0 Å². The molecule has 1 fully saturated rings. The Morgan fingerprint density at radius 2 is 2.05 bits per heavy atom. The molecule has 0 unspecified atom stereocenters. The van der Waals surface area contributed by atoms with Gasteiger partial charge in [0, 0.05) is 37.3 Å². The van der Waals surface area contributed by atoms with Crippen LogP contribution in [0.25, 0.3) is 0 Å². The first-order valence-electron chi connectivity index (χ1n) is 7.16. The number of nitro groups is 1. The lowest BCUT2D eigenvalue weighted by Gasteiger charge is -2.29. The normalized spacial score (nSPS) is 16.1. The number of alkyl halides is 1. The maximum absolute atomic E-state index is 10.8.